The Bertz CT molecular complexity index is 800. The molecule has 0 aromatic rings. The highest BCUT2D eigenvalue weighted by atomic mass is 16.4. The highest BCUT2D eigenvalue weighted by molar-refractivity contribution is 5.96. The van der Waals surface area contributed by atoms with Gasteiger partial charge in [-0.3, -0.25) is 24.2 Å². The fraction of sp³-hybridized carbons (Fsp3) is 0.684. The van der Waals surface area contributed by atoms with E-state index < -0.39 is 66.3 Å². The second kappa shape index (κ2) is 13.3. The minimum atomic E-state index is -1.51. The number of hydrogen-bond acceptors (Lipinski definition) is 8. The normalized spacial score (nSPS) is 18.8. The average molecular weight is 487 g/mol. The molecule has 1 aliphatic rings. The molecule has 192 valence electrons. The van der Waals surface area contributed by atoms with Gasteiger partial charge in [0.1, 0.15) is 18.1 Å². The molecule has 1 aliphatic heterocycles. The summed E-state index contributed by atoms with van der Waals surface area (Å²) in [5, 5.41) is 24.0. The number of nitrogens with two attached hydrogens (primary N) is 4. The Morgan fingerprint density at radius 3 is 2.29 bits per heavy atom. The van der Waals surface area contributed by atoms with Gasteiger partial charge in [0, 0.05) is 13.1 Å². The summed E-state index contributed by atoms with van der Waals surface area (Å²) in [5.41, 5.74) is 21.4. The second-order valence-corrected chi connectivity index (χ2v) is 8.04. The molecule has 0 aromatic carbocycles. The van der Waals surface area contributed by atoms with Crippen LogP contribution in [-0.2, 0) is 24.0 Å². The van der Waals surface area contributed by atoms with Gasteiger partial charge in [-0.05, 0) is 32.6 Å². The van der Waals surface area contributed by atoms with Crippen LogP contribution in [0.4, 0.5) is 0 Å². The monoisotopic (exact) mass is 486 g/mol. The number of aliphatic carboxylic acids is 1. The topological polar surface area (TPSA) is 270 Å². The second-order valence-electron chi connectivity index (χ2n) is 8.04. The number of nitrogens with one attached hydrogen (secondary N) is 2. The maximum atomic E-state index is 12.9. The van der Waals surface area contributed by atoms with E-state index in [1.807, 2.05) is 0 Å². The summed E-state index contributed by atoms with van der Waals surface area (Å²) in [6.07, 6.45) is -0.755. The Hall–Kier alpha value is -3.46. The number of carboxylic acid groups (broad SMARTS) is 1. The van der Waals surface area contributed by atoms with Crippen LogP contribution in [0.3, 0.4) is 0 Å². The predicted octanol–water partition coefficient (Wildman–Crippen LogP) is -4.33. The summed E-state index contributed by atoms with van der Waals surface area (Å²) in [6.45, 7) is 1.62. The van der Waals surface area contributed by atoms with Crippen LogP contribution in [0.15, 0.2) is 4.99 Å². The van der Waals surface area contributed by atoms with E-state index in [1.54, 1.807) is 0 Å². The molecule has 0 aliphatic carbocycles. The van der Waals surface area contributed by atoms with Crippen LogP contribution in [0.1, 0.15) is 39.0 Å². The van der Waals surface area contributed by atoms with Crippen molar-refractivity contribution in [2.75, 3.05) is 13.1 Å². The number of amides is 4. The molecule has 1 saturated heterocycles. The summed E-state index contributed by atoms with van der Waals surface area (Å²) in [6, 6.07) is -5.11. The number of guanidine groups is 1. The van der Waals surface area contributed by atoms with Crippen molar-refractivity contribution in [3.05, 3.63) is 0 Å². The number of rotatable bonds is 13. The number of hydrogen-bond donors (Lipinski definition) is 8. The number of carboxylic acids is 1. The van der Waals surface area contributed by atoms with Crippen LogP contribution in [0.2, 0.25) is 0 Å². The molecule has 15 heteroatoms. The molecule has 0 aromatic heterocycles. The lowest BCUT2D eigenvalue weighted by Crippen LogP contribution is -2.60. The van der Waals surface area contributed by atoms with Crippen molar-refractivity contribution in [3.63, 3.8) is 0 Å². The average Bonchev–Trinajstić information content (AvgIpc) is 3.23. The molecule has 5 unspecified atom stereocenters. The molecule has 4 amide bonds. The first kappa shape index (κ1) is 28.6. The highest BCUT2D eigenvalue weighted by Crippen LogP contribution is 2.19. The van der Waals surface area contributed by atoms with Crippen LogP contribution in [0.5, 0.6) is 0 Å². The van der Waals surface area contributed by atoms with Crippen molar-refractivity contribution in [3.8, 4) is 0 Å². The molecule has 0 radical (unpaired) electrons. The van der Waals surface area contributed by atoms with E-state index in [4.69, 9.17) is 22.9 Å². The van der Waals surface area contributed by atoms with Gasteiger partial charge < -0.3 is 48.7 Å². The quantitative estimate of drug-likeness (QED) is 0.0704. The lowest BCUT2D eigenvalue weighted by Gasteiger charge is -2.30. The van der Waals surface area contributed by atoms with Gasteiger partial charge in [-0.15, -0.1) is 0 Å². The van der Waals surface area contributed by atoms with Gasteiger partial charge in [-0.2, -0.15) is 0 Å². The first-order valence-electron chi connectivity index (χ1n) is 10.8. The van der Waals surface area contributed by atoms with Crippen molar-refractivity contribution in [1.29, 1.82) is 0 Å². The molecule has 1 fully saturated rings. The van der Waals surface area contributed by atoms with E-state index in [-0.39, 0.29) is 31.9 Å². The van der Waals surface area contributed by atoms with E-state index in [0.29, 0.717) is 12.8 Å². The maximum absolute atomic E-state index is 12.9. The van der Waals surface area contributed by atoms with Gasteiger partial charge >= 0.3 is 5.97 Å². The molecule has 5 atom stereocenters. The SMILES string of the molecule is CC(O)C(NC(=O)C(CC(N)=O)NC(=O)C(N)CCCN=C(N)N)C(=O)N1CCCC1C(=O)O. The molecule has 1 rings (SSSR count). The Morgan fingerprint density at radius 1 is 1.12 bits per heavy atom. The fourth-order valence-electron chi connectivity index (χ4n) is 3.45. The summed E-state index contributed by atoms with van der Waals surface area (Å²) in [5.74, 6) is -4.74. The van der Waals surface area contributed by atoms with Gasteiger partial charge in [0.05, 0.1) is 18.6 Å². The number of aliphatic hydroxyl groups excluding tert-OH is 1. The predicted molar refractivity (Wildman–Crippen MR) is 120 cm³/mol. The minimum Gasteiger partial charge on any atom is -0.480 e. The van der Waals surface area contributed by atoms with Gasteiger partial charge in [-0.1, -0.05) is 0 Å². The van der Waals surface area contributed by atoms with Crippen molar-refractivity contribution in [2.45, 2.75) is 69.3 Å². The molecule has 1 heterocycles. The molecule has 34 heavy (non-hydrogen) atoms. The third-order valence-corrected chi connectivity index (χ3v) is 5.21. The lowest BCUT2D eigenvalue weighted by atomic mass is 10.1. The molecule has 0 saturated carbocycles. The van der Waals surface area contributed by atoms with Gasteiger partial charge in [0.15, 0.2) is 5.96 Å². The first-order chi connectivity index (χ1) is 15.8. The summed E-state index contributed by atoms with van der Waals surface area (Å²) < 4.78 is 0. The van der Waals surface area contributed by atoms with E-state index in [1.165, 1.54) is 6.92 Å². The summed E-state index contributed by atoms with van der Waals surface area (Å²) in [7, 11) is 0. The summed E-state index contributed by atoms with van der Waals surface area (Å²) >= 11 is 0. The van der Waals surface area contributed by atoms with Crippen molar-refractivity contribution in [2.24, 2.45) is 27.9 Å². The zero-order valence-electron chi connectivity index (χ0n) is 19.0. The van der Waals surface area contributed by atoms with Gasteiger partial charge in [-0.25, -0.2) is 4.79 Å². The van der Waals surface area contributed by atoms with Gasteiger partial charge in [0.2, 0.25) is 23.6 Å². The van der Waals surface area contributed by atoms with Crippen molar-refractivity contribution < 1.29 is 34.2 Å². The van der Waals surface area contributed by atoms with E-state index in [2.05, 4.69) is 15.6 Å². The number of carbonyl (C=O) groups is 5. The summed E-state index contributed by atoms with van der Waals surface area (Å²) in [4.78, 5) is 65.8. The Labute approximate surface area is 196 Å². The standard InChI is InChI=1S/C19H34N8O7/c1-9(28)14(17(32)27-7-3-5-12(27)18(33)34)26-16(31)11(8-13(21)29)25-15(30)10(20)4-2-6-24-19(22)23/h9-12,14,28H,2-8,20H2,1H3,(H2,21,29)(H,25,30)(H,26,31)(H,33,34)(H4,22,23,24). The largest absolute Gasteiger partial charge is 0.480 e. The Morgan fingerprint density at radius 2 is 1.76 bits per heavy atom. The van der Waals surface area contributed by atoms with E-state index in [9.17, 15) is 34.2 Å². The number of carbonyl (C=O) groups excluding carboxylic acids is 4. The van der Waals surface area contributed by atoms with Gasteiger partial charge in [0.25, 0.3) is 0 Å². The molecule has 15 nitrogen and oxygen atoms in total. The number of primary amides is 1. The molecular weight excluding hydrogens is 452 g/mol. The third-order valence-electron chi connectivity index (χ3n) is 5.21. The molecule has 0 bridgehead atoms. The van der Waals surface area contributed by atoms with Crippen molar-refractivity contribution >= 4 is 35.6 Å². The molecular formula is C19H34N8O7. The number of likely N-dealkylation sites (tertiary alicyclic amines) is 1. The number of aliphatic imine (C=N–C) groups is 1. The number of nitrogens with zero attached hydrogens (tertiary/aromatic N) is 2. The maximum Gasteiger partial charge on any atom is 0.326 e. The Balaban J connectivity index is 2.87. The zero-order chi connectivity index (χ0) is 26.0. The minimum absolute atomic E-state index is 0.109. The van der Waals surface area contributed by atoms with E-state index in [0.717, 1.165) is 4.90 Å². The van der Waals surface area contributed by atoms with Crippen LogP contribution < -0.4 is 33.6 Å². The van der Waals surface area contributed by atoms with Crippen LogP contribution in [-0.4, -0.2) is 94.0 Å². The third kappa shape index (κ3) is 8.82. The lowest BCUT2D eigenvalue weighted by molar-refractivity contribution is -0.150. The molecule has 0 spiro atoms. The smallest absolute Gasteiger partial charge is 0.326 e. The first-order valence-corrected chi connectivity index (χ1v) is 10.8. The number of aliphatic hydroxyl groups is 1. The molecule has 12 N–H and O–H groups in total. The van der Waals surface area contributed by atoms with Crippen LogP contribution in [0.25, 0.3) is 0 Å². The zero-order valence-corrected chi connectivity index (χ0v) is 19.0. The highest BCUT2D eigenvalue weighted by Gasteiger charge is 2.40. The van der Waals surface area contributed by atoms with E-state index >= 15 is 0 Å². The Kier molecular flexibility index (Phi) is 11.2. The van der Waals surface area contributed by atoms with Crippen LogP contribution >= 0.6 is 0 Å². The fourth-order valence-corrected chi connectivity index (χ4v) is 3.45. The van der Waals surface area contributed by atoms with Crippen LogP contribution in [0, 0.1) is 0 Å². The van der Waals surface area contributed by atoms with Crippen molar-refractivity contribution in [1.82, 2.24) is 15.5 Å².